The number of amides is 1. The second-order valence-corrected chi connectivity index (χ2v) is 5.99. The number of phenolic OH excluding ortho intramolecular Hbond substituents is 1. The molecule has 0 aliphatic rings. The number of hydrogen-bond acceptors (Lipinski definition) is 4. The van der Waals surface area contributed by atoms with Gasteiger partial charge in [-0.05, 0) is 58.8 Å². The average Bonchev–Trinajstić information content (AvgIpc) is 2.55. The predicted octanol–water partition coefficient (Wildman–Crippen LogP) is 4.36. The van der Waals surface area contributed by atoms with E-state index in [4.69, 9.17) is 5.53 Å². The smallest absolute Gasteiger partial charge is 0.259 e. The fourth-order valence-electron chi connectivity index (χ4n) is 1.97. The second-order valence-electron chi connectivity index (χ2n) is 4.74. The predicted molar refractivity (Wildman–Crippen MR) is 97.4 cm³/mol. The number of anilines is 1. The highest BCUT2D eigenvalue weighted by molar-refractivity contribution is 14.1. The zero-order valence-corrected chi connectivity index (χ0v) is 14.3. The van der Waals surface area contributed by atoms with Crippen LogP contribution in [0.1, 0.15) is 22.3 Å². The summed E-state index contributed by atoms with van der Waals surface area (Å²) in [6, 6.07) is 13.9. The maximum Gasteiger partial charge on any atom is 0.259 e. The summed E-state index contributed by atoms with van der Waals surface area (Å²) in [5, 5.41) is 19.1. The third-order valence-corrected chi connectivity index (χ3v) is 3.89. The number of carbonyl (C=O) groups excluding carboxylic acids is 1. The molecule has 7 heteroatoms. The molecule has 6 nitrogen and oxygen atoms in total. The van der Waals surface area contributed by atoms with Crippen LogP contribution >= 0.6 is 22.6 Å². The van der Waals surface area contributed by atoms with Crippen molar-refractivity contribution < 1.29 is 9.90 Å². The Hall–Kier alpha value is -2.29. The molecular weight excluding hydrogens is 407 g/mol. The molecule has 2 aromatic carbocycles. The van der Waals surface area contributed by atoms with Gasteiger partial charge >= 0.3 is 0 Å². The van der Waals surface area contributed by atoms with Crippen LogP contribution in [0.5, 0.6) is 5.75 Å². The Labute approximate surface area is 147 Å². The molecule has 0 heterocycles. The fourth-order valence-corrected chi connectivity index (χ4v) is 2.35. The minimum atomic E-state index is -0.352. The third kappa shape index (κ3) is 5.13. The normalized spacial score (nSPS) is 11.1. The molecule has 0 spiro atoms. The first kappa shape index (κ1) is 17.1. The minimum absolute atomic E-state index is 0.0460. The molecule has 1 amide bonds. The van der Waals surface area contributed by atoms with E-state index < -0.39 is 0 Å². The van der Waals surface area contributed by atoms with Crippen molar-refractivity contribution in [3.63, 3.8) is 0 Å². The van der Waals surface area contributed by atoms with Crippen LogP contribution in [0.15, 0.2) is 58.9 Å². The molecule has 0 aliphatic heterocycles. The van der Waals surface area contributed by atoms with Gasteiger partial charge in [-0.1, -0.05) is 29.5 Å². The lowest BCUT2D eigenvalue weighted by Crippen LogP contribution is -2.11. The Kier molecular flexibility index (Phi) is 6.21. The Morgan fingerprint density at radius 2 is 1.87 bits per heavy atom. The van der Waals surface area contributed by atoms with Crippen LogP contribution in [0.3, 0.4) is 0 Å². The molecule has 0 atom stereocenters. The summed E-state index contributed by atoms with van der Waals surface area (Å²) in [7, 11) is 0. The van der Waals surface area contributed by atoms with Gasteiger partial charge in [-0.15, -0.1) is 5.10 Å². The van der Waals surface area contributed by atoms with Crippen molar-refractivity contribution in [1.29, 1.82) is 5.53 Å². The summed E-state index contributed by atoms with van der Waals surface area (Å²) < 4.78 is 0.773. The lowest BCUT2D eigenvalue weighted by molar-refractivity contribution is 0.102. The highest BCUT2D eigenvalue weighted by atomic mass is 127. The first-order chi connectivity index (χ1) is 11.1. The van der Waals surface area contributed by atoms with E-state index in [2.05, 4.69) is 38.2 Å². The summed E-state index contributed by atoms with van der Waals surface area (Å²) in [6.07, 6.45) is 1.50. The van der Waals surface area contributed by atoms with Crippen LogP contribution in [0.4, 0.5) is 5.69 Å². The number of phenols is 1. The SMILES string of the molecule is N=N/N=C(\I)CCc1ccc(NC(=O)c2ccccc2O)cc1. The van der Waals surface area contributed by atoms with Crippen LogP contribution < -0.4 is 5.32 Å². The summed E-state index contributed by atoms with van der Waals surface area (Å²) in [6.45, 7) is 0. The number of nitrogens with one attached hydrogen (secondary N) is 2. The maximum atomic E-state index is 12.1. The van der Waals surface area contributed by atoms with Crippen LogP contribution in [0.25, 0.3) is 0 Å². The molecule has 0 bridgehead atoms. The molecule has 0 saturated carbocycles. The monoisotopic (exact) mass is 422 g/mol. The van der Waals surface area contributed by atoms with Gasteiger partial charge < -0.3 is 10.4 Å². The molecule has 0 unspecified atom stereocenters. The Morgan fingerprint density at radius 1 is 1.17 bits per heavy atom. The van der Waals surface area contributed by atoms with Crippen LogP contribution in [-0.2, 0) is 6.42 Å². The third-order valence-electron chi connectivity index (χ3n) is 3.14. The highest BCUT2D eigenvalue weighted by Gasteiger charge is 2.10. The number of rotatable bonds is 6. The highest BCUT2D eigenvalue weighted by Crippen LogP contribution is 2.18. The van der Waals surface area contributed by atoms with Gasteiger partial charge in [-0.3, -0.25) is 4.79 Å². The number of aryl methyl sites for hydroxylation is 1. The van der Waals surface area contributed by atoms with Crippen molar-refractivity contribution in [2.75, 3.05) is 5.32 Å². The van der Waals surface area contributed by atoms with Crippen LogP contribution in [0.2, 0.25) is 0 Å². The van der Waals surface area contributed by atoms with E-state index in [1.54, 1.807) is 18.2 Å². The van der Waals surface area contributed by atoms with Gasteiger partial charge in [0, 0.05) is 12.1 Å². The molecule has 0 radical (unpaired) electrons. The van der Waals surface area contributed by atoms with Gasteiger partial charge in [0.15, 0.2) is 0 Å². The average molecular weight is 422 g/mol. The number of halogens is 1. The zero-order valence-electron chi connectivity index (χ0n) is 12.2. The van der Waals surface area contributed by atoms with Gasteiger partial charge in [0.25, 0.3) is 5.91 Å². The quantitative estimate of drug-likeness (QED) is 0.279. The van der Waals surface area contributed by atoms with Crippen LogP contribution in [-0.4, -0.2) is 14.7 Å². The standard InChI is InChI=1S/C16H15IN4O2/c17-15(20-21-18)10-7-11-5-8-12(9-6-11)19-16(23)13-3-1-2-4-14(13)22/h1-6,8-9,18,22H,7,10H2,(H,19,23)/b20-15-,21-18?. The minimum Gasteiger partial charge on any atom is -0.507 e. The number of para-hydroxylation sites is 1. The van der Waals surface area contributed by atoms with Gasteiger partial charge in [-0.2, -0.15) is 5.53 Å². The van der Waals surface area contributed by atoms with Crippen LogP contribution in [0, 0.1) is 5.53 Å². The van der Waals surface area contributed by atoms with E-state index in [0.29, 0.717) is 12.1 Å². The van der Waals surface area contributed by atoms with E-state index in [9.17, 15) is 9.90 Å². The first-order valence-electron chi connectivity index (χ1n) is 6.87. The number of aromatic hydroxyl groups is 1. The first-order valence-corrected chi connectivity index (χ1v) is 7.95. The van der Waals surface area contributed by atoms with Crippen molar-refractivity contribution in [3.05, 3.63) is 59.7 Å². The van der Waals surface area contributed by atoms with Gasteiger partial charge in [0.2, 0.25) is 0 Å². The Morgan fingerprint density at radius 3 is 2.52 bits per heavy atom. The molecule has 0 aromatic heterocycles. The van der Waals surface area contributed by atoms with E-state index in [0.717, 1.165) is 15.7 Å². The molecular formula is C16H15IN4O2. The van der Waals surface area contributed by atoms with Crippen molar-refractivity contribution in [3.8, 4) is 5.75 Å². The molecule has 3 N–H and O–H groups in total. The molecule has 2 rings (SSSR count). The maximum absolute atomic E-state index is 12.1. The van der Waals surface area contributed by atoms with E-state index in [-0.39, 0.29) is 17.2 Å². The zero-order chi connectivity index (χ0) is 16.7. The van der Waals surface area contributed by atoms with Crippen molar-refractivity contribution in [2.24, 2.45) is 10.3 Å². The lowest BCUT2D eigenvalue weighted by atomic mass is 10.1. The molecule has 0 fully saturated rings. The Balaban J connectivity index is 1.97. The number of carbonyl (C=O) groups is 1. The van der Waals surface area contributed by atoms with E-state index >= 15 is 0 Å². The van der Waals surface area contributed by atoms with Crippen molar-refractivity contribution in [1.82, 2.24) is 0 Å². The summed E-state index contributed by atoms with van der Waals surface area (Å²) >= 11 is 2.06. The van der Waals surface area contributed by atoms with E-state index in [1.807, 2.05) is 24.3 Å². The Bertz CT molecular complexity index is 729. The van der Waals surface area contributed by atoms with Gasteiger partial charge in [-0.25, -0.2) is 0 Å². The number of nitrogens with zero attached hydrogens (tertiary/aromatic N) is 2. The molecule has 118 valence electrons. The van der Waals surface area contributed by atoms with E-state index in [1.165, 1.54) is 6.07 Å². The number of hydrogen-bond donors (Lipinski definition) is 3. The van der Waals surface area contributed by atoms with Crippen molar-refractivity contribution in [2.45, 2.75) is 12.8 Å². The molecule has 2 aromatic rings. The summed E-state index contributed by atoms with van der Waals surface area (Å²) in [5.41, 5.74) is 8.66. The lowest BCUT2D eigenvalue weighted by Gasteiger charge is -2.07. The largest absolute Gasteiger partial charge is 0.507 e. The molecule has 23 heavy (non-hydrogen) atoms. The topological polar surface area (TPSA) is 97.9 Å². The number of benzene rings is 2. The van der Waals surface area contributed by atoms with Gasteiger partial charge in [0.05, 0.1) is 5.56 Å². The fraction of sp³-hybridized carbons (Fsp3) is 0.125. The van der Waals surface area contributed by atoms with Crippen molar-refractivity contribution >= 4 is 37.9 Å². The molecule has 0 aliphatic carbocycles. The van der Waals surface area contributed by atoms with Gasteiger partial charge in [0.1, 0.15) is 9.47 Å². The summed E-state index contributed by atoms with van der Waals surface area (Å²) in [4.78, 5) is 12.1. The summed E-state index contributed by atoms with van der Waals surface area (Å²) in [5.74, 6) is -0.398. The second kappa shape index (κ2) is 8.37. The molecule has 0 saturated heterocycles.